The minimum atomic E-state index is 0.862. The van der Waals surface area contributed by atoms with E-state index in [2.05, 4.69) is 19.9 Å². The highest BCUT2D eigenvalue weighted by Gasteiger charge is 2.05. The molecule has 0 aliphatic carbocycles. The highest BCUT2D eigenvalue weighted by molar-refractivity contribution is 5.91. The third kappa shape index (κ3) is 1.65. The van der Waals surface area contributed by atoms with E-state index in [4.69, 9.17) is 0 Å². The van der Waals surface area contributed by atoms with Gasteiger partial charge >= 0.3 is 0 Å². The van der Waals surface area contributed by atoms with Gasteiger partial charge in [-0.25, -0.2) is 9.97 Å². The van der Waals surface area contributed by atoms with E-state index in [0.717, 1.165) is 33.3 Å². The predicted octanol–water partition coefficient (Wildman–Crippen LogP) is 3.17. The molecule has 0 spiro atoms. The highest BCUT2D eigenvalue weighted by Crippen LogP contribution is 2.21. The van der Waals surface area contributed by atoms with Gasteiger partial charge in [-0.15, -0.1) is 0 Å². The van der Waals surface area contributed by atoms with E-state index in [0.29, 0.717) is 0 Å². The number of aromatic amines is 1. The largest absolute Gasteiger partial charge is 0.345 e. The number of imidazole rings is 1. The van der Waals surface area contributed by atoms with Gasteiger partial charge in [0.2, 0.25) is 0 Å². The van der Waals surface area contributed by atoms with Gasteiger partial charge in [-0.2, -0.15) is 0 Å². The number of H-pyrrole nitrogens is 1. The Kier molecular flexibility index (Phi) is 2.08. The van der Waals surface area contributed by atoms with Crippen LogP contribution in [-0.2, 0) is 0 Å². The van der Waals surface area contributed by atoms with Crippen LogP contribution in [0, 0.1) is 0 Å². The Morgan fingerprint density at radius 3 is 2.63 bits per heavy atom. The molecule has 0 atom stereocenters. The molecule has 2 heterocycles. The number of benzene rings is 2. The summed E-state index contributed by atoms with van der Waals surface area (Å²) in [5.74, 6) is 0. The molecule has 4 nitrogen and oxygen atoms in total. The van der Waals surface area contributed by atoms with E-state index < -0.39 is 0 Å². The molecule has 2 aromatic heterocycles. The van der Waals surface area contributed by atoms with Crippen LogP contribution in [0.4, 0.5) is 0 Å². The molecule has 0 aliphatic heterocycles. The molecule has 2 aromatic carbocycles. The Morgan fingerprint density at radius 1 is 0.842 bits per heavy atom. The third-order valence-corrected chi connectivity index (χ3v) is 3.15. The summed E-state index contributed by atoms with van der Waals surface area (Å²) in [5, 5.41) is 0. The topological polar surface area (TPSA) is 54.5 Å². The monoisotopic (exact) mass is 246 g/mol. The molecule has 19 heavy (non-hydrogen) atoms. The molecule has 4 aromatic rings. The Hall–Kier alpha value is -2.75. The number of rotatable bonds is 1. The van der Waals surface area contributed by atoms with Crippen LogP contribution < -0.4 is 0 Å². The van der Waals surface area contributed by atoms with Crippen LogP contribution in [0.3, 0.4) is 0 Å². The van der Waals surface area contributed by atoms with Crippen molar-refractivity contribution in [3.8, 4) is 11.3 Å². The van der Waals surface area contributed by atoms with E-state index in [1.165, 1.54) is 0 Å². The van der Waals surface area contributed by atoms with Crippen LogP contribution in [-0.4, -0.2) is 19.9 Å². The average molecular weight is 246 g/mol. The van der Waals surface area contributed by atoms with Crippen LogP contribution >= 0.6 is 0 Å². The Labute approximate surface area is 109 Å². The van der Waals surface area contributed by atoms with Gasteiger partial charge < -0.3 is 4.98 Å². The summed E-state index contributed by atoms with van der Waals surface area (Å²) in [6, 6.07) is 14.0. The second kappa shape index (κ2) is 3.88. The molecule has 4 rings (SSSR count). The van der Waals surface area contributed by atoms with Gasteiger partial charge in [0, 0.05) is 5.56 Å². The van der Waals surface area contributed by atoms with Gasteiger partial charge in [-0.1, -0.05) is 30.3 Å². The quantitative estimate of drug-likeness (QED) is 0.561. The second-order valence-corrected chi connectivity index (χ2v) is 4.38. The zero-order valence-corrected chi connectivity index (χ0v) is 10.0. The summed E-state index contributed by atoms with van der Waals surface area (Å²) in [6.45, 7) is 0. The van der Waals surface area contributed by atoms with Crippen LogP contribution in [0.2, 0.25) is 0 Å². The summed E-state index contributed by atoms with van der Waals surface area (Å²) in [5.41, 5.74) is 5.57. The fraction of sp³-hybridized carbons (Fsp3) is 0. The second-order valence-electron chi connectivity index (χ2n) is 4.38. The van der Waals surface area contributed by atoms with E-state index in [1.807, 2.05) is 42.5 Å². The van der Waals surface area contributed by atoms with Gasteiger partial charge in [0.15, 0.2) is 0 Å². The van der Waals surface area contributed by atoms with E-state index in [9.17, 15) is 0 Å². The molecule has 0 unspecified atom stereocenters. The molecule has 0 saturated heterocycles. The number of fused-ring (bicyclic) bond motifs is 2. The van der Waals surface area contributed by atoms with Gasteiger partial charge in [-0.05, 0) is 12.1 Å². The minimum Gasteiger partial charge on any atom is -0.345 e. The first-order valence-electron chi connectivity index (χ1n) is 6.05. The molecular weight excluding hydrogens is 236 g/mol. The first-order valence-corrected chi connectivity index (χ1v) is 6.05. The molecule has 0 aliphatic rings. The van der Waals surface area contributed by atoms with Crippen molar-refractivity contribution < 1.29 is 0 Å². The standard InChI is InChI=1S/C15H10N4/c1-2-4-10(5-3-1)15-8-16-13-6-11-12(18-9-17-11)7-14(13)19-15/h1-9H,(H,17,18). The molecule has 0 fully saturated rings. The lowest BCUT2D eigenvalue weighted by Crippen LogP contribution is -1.88. The smallest absolute Gasteiger partial charge is 0.0931 e. The number of hydrogen-bond acceptors (Lipinski definition) is 3. The first kappa shape index (κ1) is 10.2. The summed E-state index contributed by atoms with van der Waals surface area (Å²) >= 11 is 0. The lowest BCUT2D eigenvalue weighted by Gasteiger charge is -2.02. The molecule has 4 heteroatoms. The zero-order chi connectivity index (χ0) is 12.7. The van der Waals surface area contributed by atoms with Crippen molar-refractivity contribution >= 4 is 22.1 Å². The number of nitrogens with one attached hydrogen (secondary N) is 1. The maximum Gasteiger partial charge on any atom is 0.0931 e. The molecule has 0 bridgehead atoms. The van der Waals surface area contributed by atoms with Crippen molar-refractivity contribution in [2.45, 2.75) is 0 Å². The van der Waals surface area contributed by atoms with Gasteiger partial charge in [-0.3, -0.25) is 4.98 Å². The lowest BCUT2D eigenvalue weighted by molar-refractivity contribution is 1.30. The van der Waals surface area contributed by atoms with E-state index in [1.54, 1.807) is 12.5 Å². The molecule has 0 radical (unpaired) electrons. The Bertz CT molecular complexity index is 865. The van der Waals surface area contributed by atoms with Crippen LogP contribution in [0.25, 0.3) is 33.3 Å². The summed E-state index contributed by atoms with van der Waals surface area (Å²) in [7, 11) is 0. The summed E-state index contributed by atoms with van der Waals surface area (Å²) in [4.78, 5) is 16.5. The summed E-state index contributed by atoms with van der Waals surface area (Å²) in [6.07, 6.45) is 3.49. The lowest BCUT2D eigenvalue weighted by atomic mass is 10.1. The van der Waals surface area contributed by atoms with Gasteiger partial charge in [0.25, 0.3) is 0 Å². The maximum absolute atomic E-state index is 4.66. The predicted molar refractivity (Wildman–Crippen MR) is 74.6 cm³/mol. The van der Waals surface area contributed by atoms with Crippen molar-refractivity contribution in [1.29, 1.82) is 0 Å². The van der Waals surface area contributed by atoms with Gasteiger partial charge in [0.05, 0.1) is 40.3 Å². The average Bonchev–Trinajstić information content (AvgIpc) is 2.92. The van der Waals surface area contributed by atoms with Crippen LogP contribution in [0.1, 0.15) is 0 Å². The fourth-order valence-corrected chi connectivity index (χ4v) is 2.19. The van der Waals surface area contributed by atoms with Crippen LogP contribution in [0.5, 0.6) is 0 Å². The minimum absolute atomic E-state index is 0.862. The maximum atomic E-state index is 4.66. The molecular formula is C15H10N4. The first-order chi connectivity index (χ1) is 9.40. The van der Waals surface area contributed by atoms with Crippen molar-refractivity contribution in [3.63, 3.8) is 0 Å². The van der Waals surface area contributed by atoms with Crippen molar-refractivity contribution in [1.82, 2.24) is 19.9 Å². The van der Waals surface area contributed by atoms with Crippen molar-refractivity contribution in [3.05, 3.63) is 55.0 Å². The Balaban J connectivity index is 1.97. The molecule has 0 saturated carbocycles. The summed E-state index contributed by atoms with van der Waals surface area (Å²) < 4.78 is 0. The fourth-order valence-electron chi connectivity index (χ4n) is 2.19. The number of hydrogen-bond donors (Lipinski definition) is 1. The molecule has 0 amide bonds. The third-order valence-electron chi connectivity index (χ3n) is 3.15. The van der Waals surface area contributed by atoms with E-state index >= 15 is 0 Å². The molecule has 90 valence electrons. The number of aromatic nitrogens is 4. The highest BCUT2D eigenvalue weighted by atomic mass is 14.9. The van der Waals surface area contributed by atoms with Crippen molar-refractivity contribution in [2.24, 2.45) is 0 Å². The zero-order valence-electron chi connectivity index (χ0n) is 10.0. The molecule has 1 N–H and O–H groups in total. The van der Waals surface area contributed by atoms with Crippen LogP contribution in [0.15, 0.2) is 55.0 Å². The van der Waals surface area contributed by atoms with E-state index in [-0.39, 0.29) is 0 Å². The SMILES string of the molecule is c1ccc(-c2cnc3cc4[nH]cnc4cc3n2)cc1. The normalized spacial score (nSPS) is 11.2. The Morgan fingerprint density at radius 2 is 1.74 bits per heavy atom. The van der Waals surface area contributed by atoms with Crippen molar-refractivity contribution in [2.75, 3.05) is 0 Å². The van der Waals surface area contributed by atoms with Gasteiger partial charge in [0.1, 0.15) is 0 Å². The number of nitrogens with zero attached hydrogens (tertiary/aromatic N) is 3.